The minimum Gasteiger partial charge on any atom is -0.306 e. The Morgan fingerprint density at radius 1 is 1.31 bits per heavy atom. The second-order valence-electron chi connectivity index (χ2n) is 2.87. The molecule has 0 amide bonds. The largest absolute Gasteiger partial charge is 0.406 e. The number of aromatic nitrogens is 2. The molecule has 0 spiro atoms. The van der Waals surface area contributed by atoms with E-state index in [2.05, 4.69) is 0 Å². The lowest BCUT2D eigenvalue weighted by Crippen LogP contribution is -2.39. The van der Waals surface area contributed by atoms with Crippen LogP contribution in [0.1, 0.15) is 12.1 Å². The normalized spacial score (nSPS) is 12.1. The summed E-state index contributed by atoms with van der Waals surface area (Å²) in [6.45, 7) is -1.81. The van der Waals surface area contributed by atoms with Crippen LogP contribution in [0.25, 0.3) is 0 Å². The number of hydrogen-bond donors (Lipinski definition) is 1. The number of nitrogens with one attached hydrogen (secondary N) is 1. The van der Waals surface area contributed by atoms with Crippen molar-refractivity contribution in [2.75, 3.05) is 0 Å². The third kappa shape index (κ3) is 2.91. The Balaban J connectivity index is 3.25. The Bertz CT molecular complexity index is 456. The van der Waals surface area contributed by atoms with Crippen molar-refractivity contribution in [3.05, 3.63) is 32.6 Å². The van der Waals surface area contributed by atoms with E-state index < -0.39 is 36.1 Å². The molecule has 0 unspecified atom stereocenters. The van der Waals surface area contributed by atoms with E-state index in [0.29, 0.717) is 0 Å². The first-order chi connectivity index (χ1) is 7.20. The molecule has 1 aromatic heterocycles. The van der Waals surface area contributed by atoms with E-state index in [-0.39, 0.29) is 10.6 Å². The van der Waals surface area contributed by atoms with Crippen LogP contribution in [0, 0.1) is 0 Å². The number of halogens is 5. The van der Waals surface area contributed by atoms with Crippen LogP contribution in [-0.2, 0) is 6.54 Å². The predicted molar refractivity (Wildman–Crippen MR) is 42.3 cm³/mol. The summed E-state index contributed by atoms with van der Waals surface area (Å²) in [5.41, 5.74) is -3.94. The molecule has 0 bridgehead atoms. The quantitative estimate of drug-likeness (QED) is 0.790. The van der Waals surface area contributed by atoms with Crippen LogP contribution in [0.2, 0.25) is 0 Å². The van der Waals surface area contributed by atoms with Gasteiger partial charge in [0.25, 0.3) is 12.0 Å². The van der Waals surface area contributed by atoms with Gasteiger partial charge in [-0.15, -0.1) is 0 Å². The standard InChI is InChI=1S/C7H5F5N2O2/c8-5(9)3-1-4(15)14(6(16)13-3)2-7(10,11)12/h1,5H,2H2,(H,13,16). The molecule has 0 aliphatic rings. The van der Waals surface area contributed by atoms with E-state index in [4.69, 9.17) is 0 Å². The van der Waals surface area contributed by atoms with Crippen LogP contribution >= 0.6 is 0 Å². The summed E-state index contributed by atoms with van der Waals surface area (Å²) in [5.74, 6) is 0. The maximum atomic E-state index is 12.1. The summed E-state index contributed by atoms with van der Waals surface area (Å²) >= 11 is 0. The average Bonchev–Trinajstić information content (AvgIpc) is 2.09. The highest BCUT2D eigenvalue weighted by molar-refractivity contribution is 5.01. The van der Waals surface area contributed by atoms with Crippen LogP contribution in [0.5, 0.6) is 0 Å². The van der Waals surface area contributed by atoms with Crippen LogP contribution in [0.3, 0.4) is 0 Å². The molecule has 0 aliphatic carbocycles. The number of H-pyrrole nitrogens is 1. The lowest BCUT2D eigenvalue weighted by atomic mass is 10.4. The van der Waals surface area contributed by atoms with Crippen LogP contribution in [-0.4, -0.2) is 15.7 Å². The molecule has 1 heterocycles. The second-order valence-corrected chi connectivity index (χ2v) is 2.87. The van der Waals surface area contributed by atoms with Gasteiger partial charge in [0.2, 0.25) is 0 Å². The fourth-order valence-corrected chi connectivity index (χ4v) is 0.985. The summed E-state index contributed by atoms with van der Waals surface area (Å²) < 4.78 is 59.6. The maximum absolute atomic E-state index is 12.1. The maximum Gasteiger partial charge on any atom is 0.406 e. The van der Waals surface area contributed by atoms with Crippen molar-refractivity contribution in [3.63, 3.8) is 0 Å². The van der Waals surface area contributed by atoms with Crippen LogP contribution in [0.15, 0.2) is 15.7 Å². The van der Waals surface area contributed by atoms with E-state index in [0.717, 1.165) is 0 Å². The molecule has 1 rings (SSSR count). The first-order valence-corrected chi connectivity index (χ1v) is 3.89. The second kappa shape index (κ2) is 4.06. The number of alkyl halides is 5. The van der Waals surface area contributed by atoms with Crippen molar-refractivity contribution in [3.8, 4) is 0 Å². The number of rotatable bonds is 2. The molecular weight excluding hydrogens is 239 g/mol. The average molecular weight is 244 g/mol. The van der Waals surface area contributed by atoms with Crippen molar-refractivity contribution in [2.45, 2.75) is 19.1 Å². The lowest BCUT2D eigenvalue weighted by molar-refractivity contribution is -0.141. The smallest absolute Gasteiger partial charge is 0.306 e. The van der Waals surface area contributed by atoms with Crippen LogP contribution in [0.4, 0.5) is 22.0 Å². The van der Waals surface area contributed by atoms with Gasteiger partial charge in [-0.1, -0.05) is 0 Å². The van der Waals surface area contributed by atoms with Crippen LogP contribution < -0.4 is 11.2 Å². The van der Waals surface area contributed by atoms with Gasteiger partial charge in [0.05, 0.1) is 5.69 Å². The molecule has 0 radical (unpaired) electrons. The predicted octanol–water partition coefficient (Wildman–Crippen LogP) is 1.04. The van der Waals surface area contributed by atoms with Gasteiger partial charge in [-0.25, -0.2) is 13.6 Å². The molecule has 4 nitrogen and oxygen atoms in total. The first-order valence-electron chi connectivity index (χ1n) is 3.89. The van der Waals surface area contributed by atoms with E-state index in [1.54, 1.807) is 0 Å². The Morgan fingerprint density at radius 2 is 1.88 bits per heavy atom. The molecule has 16 heavy (non-hydrogen) atoms. The van der Waals surface area contributed by atoms with Gasteiger partial charge in [-0.2, -0.15) is 13.2 Å². The molecule has 0 saturated carbocycles. The summed E-state index contributed by atoms with van der Waals surface area (Å²) in [7, 11) is 0. The minimum atomic E-state index is -4.77. The number of aromatic amines is 1. The van der Waals surface area contributed by atoms with Crippen molar-refractivity contribution in [1.82, 2.24) is 9.55 Å². The zero-order valence-corrected chi connectivity index (χ0v) is 7.52. The molecule has 1 aromatic rings. The Kier molecular flexibility index (Phi) is 3.15. The Hall–Kier alpha value is -1.67. The number of hydrogen-bond acceptors (Lipinski definition) is 2. The van der Waals surface area contributed by atoms with Gasteiger partial charge in [0.15, 0.2) is 0 Å². The molecule has 0 atom stereocenters. The molecule has 0 fully saturated rings. The van der Waals surface area contributed by atoms with Crippen molar-refractivity contribution < 1.29 is 22.0 Å². The SMILES string of the molecule is O=c1cc(C(F)F)[nH]c(=O)n1CC(F)(F)F. The fourth-order valence-electron chi connectivity index (χ4n) is 0.985. The van der Waals surface area contributed by atoms with Gasteiger partial charge in [0.1, 0.15) is 6.54 Å². The van der Waals surface area contributed by atoms with E-state index >= 15 is 0 Å². The topological polar surface area (TPSA) is 54.9 Å². The van der Waals surface area contributed by atoms with Crippen molar-refractivity contribution in [1.29, 1.82) is 0 Å². The highest BCUT2D eigenvalue weighted by atomic mass is 19.4. The van der Waals surface area contributed by atoms with Gasteiger partial charge in [-0.05, 0) is 0 Å². The number of nitrogens with zero attached hydrogens (tertiary/aromatic N) is 1. The molecule has 0 aliphatic heterocycles. The van der Waals surface area contributed by atoms with Gasteiger partial charge >= 0.3 is 11.9 Å². The third-order valence-corrected chi connectivity index (χ3v) is 1.61. The highest BCUT2D eigenvalue weighted by Gasteiger charge is 2.29. The van der Waals surface area contributed by atoms with Gasteiger partial charge < -0.3 is 4.98 Å². The third-order valence-electron chi connectivity index (χ3n) is 1.61. The van der Waals surface area contributed by atoms with Gasteiger partial charge in [-0.3, -0.25) is 9.36 Å². The summed E-state index contributed by atoms with van der Waals surface area (Å²) in [5, 5.41) is 0. The molecule has 0 saturated heterocycles. The molecule has 1 N–H and O–H groups in total. The van der Waals surface area contributed by atoms with Crippen molar-refractivity contribution >= 4 is 0 Å². The molecular formula is C7H5F5N2O2. The lowest BCUT2D eigenvalue weighted by Gasteiger charge is -2.08. The zero-order chi connectivity index (χ0) is 12.5. The zero-order valence-electron chi connectivity index (χ0n) is 7.52. The first kappa shape index (κ1) is 12.4. The Labute approximate surface area is 84.3 Å². The van der Waals surface area contributed by atoms with E-state index in [1.807, 2.05) is 0 Å². The van der Waals surface area contributed by atoms with E-state index in [9.17, 15) is 31.5 Å². The fraction of sp³-hybridized carbons (Fsp3) is 0.429. The monoisotopic (exact) mass is 244 g/mol. The van der Waals surface area contributed by atoms with Crippen molar-refractivity contribution in [2.24, 2.45) is 0 Å². The van der Waals surface area contributed by atoms with Gasteiger partial charge in [0, 0.05) is 6.07 Å². The summed E-state index contributed by atoms with van der Waals surface area (Å²) in [6, 6.07) is 0.262. The molecule has 0 aromatic carbocycles. The summed E-state index contributed by atoms with van der Waals surface area (Å²) in [6.07, 6.45) is -7.90. The molecule has 9 heteroatoms. The Morgan fingerprint density at radius 3 is 2.25 bits per heavy atom. The minimum absolute atomic E-state index is 0.203. The highest BCUT2D eigenvalue weighted by Crippen LogP contribution is 2.16. The van der Waals surface area contributed by atoms with E-state index in [1.165, 1.54) is 4.98 Å². The molecule has 90 valence electrons. The summed E-state index contributed by atoms with van der Waals surface area (Å²) in [4.78, 5) is 23.4.